The van der Waals surface area contributed by atoms with Crippen molar-refractivity contribution >= 4 is 87.2 Å². The molecule has 8 heterocycles. The average molecular weight is 1130 g/mol. The fraction of sp³-hybridized carbons (Fsp3) is 0.0263. The molecule has 87 heavy (non-hydrogen) atoms. The van der Waals surface area contributed by atoms with Gasteiger partial charge in [0.15, 0.2) is 0 Å². The lowest BCUT2D eigenvalue weighted by Gasteiger charge is -2.30. The predicted molar refractivity (Wildman–Crippen MR) is 346 cm³/mol. The third-order valence-corrected chi connectivity index (χ3v) is 17.5. The van der Waals surface area contributed by atoms with E-state index in [1.54, 1.807) is 24.8 Å². The molecule has 0 fully saturated rings. The molecule has 0 atom stereocenters. The zero-order chi connectivity index (χ0) is 58.1. The summed E-state index contributed by atoms with van der Waals surface area (Å²) < 4.78 is 63.8. The molecule has 11 heteroatoms. The third-order valence-electron chi connectivity index (χ3n) is 17.5. The number of rotatable bonds is 8. The number of alkyl halides is 3. The highest BCUT2D eigenvalue weighted by molar-refractivity contribution is 6.17. The first-order valence-corrected chi connectivity index (χ1v) is 28.8. The number of fused-ring (bicyclic) bond motifs is 12. The predicted octanol–water partition coefficient (Wildman–Crippen LogP) is 19.7. The minimum Gasteiger partial charge on any atom is -0.307 e. The Bertz CT molecular complexity index is 4990. The minimum absolute atomic E-state index is 0.0111. The Morgan fingerprint density at radius 2 is 0.517 bits per heavy atom. The highest BCUT2D eigenvalue weighted by Gasteiger charge is 2.44. The second-order valence-electron chi connectivity index (χ2n) is 22.2. The zero-order valence-corrected chi connectivity index (χ0v) is 46.6. The summed E-state index contributed by atoms with van der Waals surface area (Å²) in [4.78, 5) is 18.0. The van der Waals surface area contributed by atoms with Crippen LogP contribution in [0.2, 0.25) is 0 Å². The Balaban J connectivity index is 1.13. The summed E-state index contributed by atoms with van der Waals surface area (Å²) in [6.07, 6.45) is 9.34. The molecule has 0 unspecified atom stereocenters. The smallest absolute Gasteiger partial charge is 0.307 e. The Labute approximate surface area is 495 Å². The molecule has 0 aliphatic rings. The SMILES string of the molecule is Cc1c(-n2c3ccc(-c4cccnc4)cc3c3cc(-c4cccnc4)ccc32)c(-n2c3ccccc3c3ccccc32)c(C(F)(F)F)c(-n2c3ccccc3c3ccccc32)c1-n1c2ccc(-c3cccnc3)cc2c2cc(-c3cccnc3)ccc21. The van der Waals surface area contributed by atoms with Crippen LogP contribution in [-0.2, 0) is 6.18 Å². The van der Waals surface area contributed by atoms with Crippen LogP contribution in [0.5, 0.6) is 0 Å². The normalized spacial score (nSPS) is 12.1. The van der Waals surface area contributed by atoms with E-state index in [0.29, 0.717) is 39.0 Å². The first-order valence-electron chi connectivity index (χ1n) is 28.8. The van der Waals surface area contributed by atoms with Gasteiger partial charge in [-0.15, -0.1) is 0 Å². The van der Waals surface area contributed by atoms with E-state index in [1.807, 2.05) is 186 Å². The first kappa shape index (κ1) is 50.1. The summed E-state index contributed by atoms with van der Waals surface area (Å²) in [7, 11) is 0. The molecule has 9 aromatic carbocycles. The molecule has 17 aromatic rings. The van der Waals surface area contributed by atoms with Gasteiger partial charge in [0, 0.05) is 120 Å². The zero-order valence-electron chi connectivity index (χ0n) is 46.6. The Morgan fingerprint density at radius 3 is 0.770 bits per heavy atom. The molecule has 0 aliphatic carbocycles. The molecule has 0 bridgehead atoms. The van der Waals surface area contributed by atoms with Gasteiger partial charge in [0.1, 0.15) is 5.56 Å². The fourth-order valence-corrected chi connectivity index (χ4v) is 13.8. The molecule has 0 saturated heterocycles. The van der Waals surface area contributed by atoms with Crippen LogP contribution < -0.4 is 0 Å². The van der Waals surface area contributed by atoms with E-state index in [-0.39, 0.29) is 11.4 Å². The summed E-state index contributed by atoms with van der Waals surface area (Å²) >= 11 is 0. The largest absolute Gasteiger partial charge is 0.420 e. The van der Waals surface area contributed by atoms with E-state index in [0.717, 1.165) is 110 Å². The van der Waals surface area contributed by atoms with Gasteiger partial charge >= 0.3 is 6.18 Å². The van der Waals surface area contributed by atoms with E-state index < -0.39 is 11.7 Å². The Morgan fingerprint density at radius 1 is 0.264 bits per heavy atom. The molecule has 8 nitrogen and oxygen atoms in total. The summed E-state index contributed by atoms with van der Waals surface area (Å²) in [5.41, 5.74) is 13.2. The second kappa shape index (κ2) is 19.3. The molecular formula is C76H47F3N8. The van der Waals surface area contributed by atoms with Gasteiger partial charge in [-0.05, 0) is 126 Å². The van der Waals surface area contributed by atoms with Gasteiger partial charge in [0.05, 0.1) is 66.9 Å². The minimum atomic E-state index is -5.03. The summed E-state index contributed by atoms with van der Waals surface area (Å²) in [6, 6.07) is 72.1. The van der Waals surface area contributed by atoms with Crippen LogP contribution in [0.3, 0.4) is 0 Å². The van der Waals surface area contributed by atoms with E-state index in [2.05, 4.69) is 102 Å². The van der Waals surface area contributed by atoms with Crippen molar-refractivity contribution in [1.82, 2.24) is 38.2 Å². The monoisotopic (exact) mass is 1130 g/mol. The summed E-state index contributed by atoms with van der Waals surface area (Å²) in [6.45, 7) is 2.02. The number of para-hydroxylation sites is 4. The van der Waals surface area contributed by atoms with Gasteiger partial charge in [-0.1, -0.05) is 121 Å². The van der Waals surface area contributed by atoms with Gasteiger partial charge < -0.3 is 18.3 Å². The highest BCUT2D eigenvalue weighted by atomic mass is 19.4. The third kappa shape index (κ3) is 7.65. The van der Waals surface area contributed by atoms with Crippen molar-refractivity contribution in [3.8, 4) is 67.3 Å². The maximum absolute atomic E-state index is 18.6. The second-order valence-corrected chi connectivity index (χ2v) is 22.2. The average Bonchev–Trinajstić information content (AvgIpc) is 1.62. The van der Waals surface area contributed by atoms with E-state index in [9.17, 15) is 0 Å². The molecule has 0 spiro atoms. The Kier molecular flexibility index (Phi) is 11.1. The first-order chi connectivity index (χ1) is 42.8. The van der Waals surface area contributed by atoms with Crippen molar-refractivity contribution in [2.45, 2.75) is 13.1 Å². The van der Waals surface area contributed by atoms with Gasteiger partial charge in [-0.3, -0.25) is 19.9 Å². The van der Waals surface area contributed by atoms with Crippen LogP contribution in [0.1, 0.15) is 11.1 Å². The molecule has 412 valence electrons. The number of hydrogen-bond donors (Lipinski definition) is 0. The lowest BCUT2D eigenvalue weighted by Crippen LogP contribution is -2.22. The quantitative estimate of drug-likeness (QED) is 0.152. The van der Waals surface area contributed by atoms with Crippen LogP contribution >= 0.6 is 0 Å². The molecule has 0 N–H and O–H groups in total. The van der Waals surface area contributed by atoms with E-state index >= 15 is 13.2 Å². The number of pyridine rings is 4. The summed E-state index contributed by atoms with van der Waals surface area (Å²) in [5.74, 6) is 0. The van der Waals surface area contributed by atoms with Crippen molar-refractivity contribution in [2.24, 2.45) is 0 Å². The van der Waals surface area contributed by atoms with Gasteiger partial charge in [-0.25, -0.2) is 0 Å². The van der Waals surface area contributed by atoms with Crippen LogP contribution in [0.4, 0.5) is 13.2 Å². The molecule has 8 aromatic heterocycles. The van der Waals surface area contributed by atoms with Crippen LogP contribution in [0.25, 0.3) is 154 Å². The van der Waals surface area contributed by atoms with Crippen molar-refractivity contribution < 1.29 is 13.2 Å². The molecule has 0 aliphatic heterocycles. The van der Waals surface area contributed by atoms with Crippen LogP contribution in [-0.4, -0.2) is 38.2 Å². The number of aromatic nitrogens is 8. The van der Waals surface area contributed by atoms with Gasteiger partial charge in [-0.2, -0.15) is 13.2 Å². The van der Waals surface area contributed by atoms with Crippen molar-refractivity contribution in [1.29, 1.82) is 0 Å². The number of halogens is 3. The van der Waals surface area contributed by atoms with Crippen molar-refractivity contribution in [2.75, 3.05) is 0 Å². The highest BCUT2D eigenvalue weighted by Crippen LogP contribution is 2.53. The van der Waals surface area contributed by atoms with E-state index in [4.69, 9.17) is 0 Å². The Hall–Kier alpha value is -11.4. The van der Waals surface area contributed by atoms with Gasteiger partial charge in [0.25, 0.3) is 0 Å². The maximum atomic E-state index is 18.6. The maximum Gasteiger partial charge on any atom is 0.420 e. The molecule has 17 rings (SSSR count). The number of nitrogens with zero attached hydrogens (tertiary/aromatic N) is 8. The molecular weight excluding hydrogens is 1080 g/mol. The number of hydrogen-bond acceptors (Lipinski definition) is 4. The fourth-order valence-electron chi connectivity index (χ4n) is 13.8. The van der Waals surface area contributed by atoms with Crippen LogP contribution in [0, 0.1) is 6.92 Å². The molecule has 0 amide bonds. The topological polar surface area (TPSA) is 71.3 Å². The molecule has 0 radical (unpaired) electrons. The standard InChI is InChI=1S/C76H47F3N8/c1-46-72(84-67-30-26-47(51-14-10-34-80-42-51)38-59(67)60-39-48(27-31-68(60)84)52-15-11-35-81-43-52)74(86-63-22-6-2-18-55(63)56-19-3-7-23-64(56)86)71(76(77,78)79)75(87-65-24-8-4-20-57(65)58-21-5-9-25-66(58)87)73(46)85-69-32-28-49(53-16-12-36-82-44-53)40-61(69)62-41-50(29-33-70(62)85)54-17-13-37-83-45-54/h2-45H,1H3. The summed E-state index contributed by atoms with van der Waals surface area (Å²) in [5, 5.41) is 6.73. The van der Waals surface area contributed by atoms with E-state index in [1.165, 1.54) is 0 Å². The lowest BCUT2D eigenvalue weighted by molar-refractivity contribution is -0.137. The van der Waals surface area contributed by atoms with Gasteiger partial charge in [0.2, 0.25) is 0 Å². The van der Waals surface area contributed by atoms with Crippen LogP contribution in [0.15, 0.2) is 268 Å². The lowest BCUT2D eigenvalue weighted by atomic mass is 9.97. The van der Waals surface area contributed by atoms with Crippen molar-refractivity contribution in [3.63, 3.8) is 0 Å². The van der Waals surface area contributed by atoms with Crippen molar-refractivity contribution in [3.05, 3.63) is 279 Å². The number of benzene rings is 9. The molecule has 0 saturated carbocycles.